The molecule has 0 aromatic carbocycles. The van der Waals surface area contributed by atoms with E-state index in [-0.39, 0.29) is 6.10 Å². The van der Waals surface area contributed by atoms with Crippen molar-refractivity contribution in [3.05, 3.63) is 0 Å². The lowest BCUT2D eigenvalue weighted by atomic mass is 9.88. The van der Waals surface area contributed by atoms with E-state index < -0.39 is 0 Å². The molecule has 3 aliphatic carbocycles. The van der Waals surface area contributed by atoms with E-state index in [0.29, 0.717) is 5.92 Å². The van der Waals surface area contributed by atoms with Crippen LogP contribution in [0.1, 0.15) is 51.4 Å². The van der Waals surface area contributed by atoms with E-state index in [1.54, 1.807) is 0 Å². The molecule has 2 heteroatoms. The molecule has 0 heterocycles. The Morgan fingerprint density at radius 3 is 2.56 bits per heavy atom. The molecule has 18 heavy (non-hydrogen) atoms. The van der Waals surface area contributed by atoms with Gasteiger partial charge in [0.2, 0.25) is 0 Å². The van der Waals surface area contributed by atoms with Gasteiger partial charge in [-0.2, -0.15) is 0 Å². The molecule has 3 fully saturated rings. The third-order valence-electron chi connectivity index (χ3n) is 5.93. The summed E-state index contributed by atoms with van der Waals surface area (Å²) in [4.78, 5) is 2.54. The van der Waals surface area contributed by atoms with Crippen molar-refractivity contribution in [2.75, 3.05) is 20.1 Å². The lowest BCUT2D eigenvalue weighted by molar-refractivity contribution is 0.117. The van der Waals surface area contributed by atoms with Crippen LogP contribution in [0.25, 0.3) is 0 Å². The molecular formula is C16H29NO. The first kappa shape index (κ1) is 12.9. The van der Waals surface area contributed by atoms with Crippen molar-refractivity contribution < 1.29 is 5.11 Å². The Hall–Kier alpha value is -0.0800. The smallest absolute Gasteiger partial charge is 0.0568 e. The van der Waals surface area contributed by atoms with Gasteiger partial charge in [0.05, 0.1) is 6.10 Å². The summed E-state index contributed by atoms with van der Waals surface area (Å²) in [5.41, 5.74) is 0. The normalized spacial score (nSPS) is 43.2. The summed E-state index contributed by atoms with van der Waals surface area (Å²) < 4.78 is 0. The highest BCUT2D eigenvalue weighted by Gasteiger charge is 2.39. The summed E-state index contributed by atoms with van der Waals surface area (Å²) in [7, 11) is 2.29. The summed E-state index contributed by atoms with van der Waals surface area (Å²) in [5.74, 6) is 3.70. The van der Waals surface area contributed by atoms with Crippen LogP contribution in [0.3, 0.4) is 0 Å². The van der Waals surface area contributed by atoms with Crippen LogP contribution in [0, 0.1) is 23.7 Å². The molecule has 0 aromatic heterocycles. The fraction of sp³-hybridized carbons (Fsp3) is 1.00. The highest BCUT2D eigenvalue weighted by Crippen LogP contribution is 2.48. The van der Waals surface area contributed by atoms with Crippen LogP contribution in [-0.2, 0) is 0 Å². The number of fused-ring (bicyclic) bond motifs is 2. The van der Waals surface area contributed by atoms with Gasteiger partial charge in [-0.15, -0.1) is 0 Å². The minimum Gasteiger partial charge on any atom is -0.393 e. The highest BCUT2D eigenvalue weighted by atomic mass is 16.3. The van der Waals surface area contributed by atoms with Crippen LogP contribution in [-0.4, -0.2) is 36.2 Å². The number of aliphatic hydroxyl groups is 1. The van der Waals surface area contributed by atoms with Gasteiger partial charge in [-0.1, -0.05) is 12.8 Å². The molecule has 5 atom stereocenters. The lowest BCUT2D eigenvalue weighted by Crippen LogP contribution is -2.31. The third-order valence-corrected chi connectivity index (χ3v) is 5.93. The first-order valence-electron chi connectivity index (χ1n) is 8.09. The molecule has 0 saturated heterocycles. The SMILES string of the molecule is CN(CCC1CCCC1O)CC1CC2CCC1C2. The van der Waals surface area contributed by atoms with E-state index in [9.17, 15) is 5.11 Å². The molecule has 3 saturated carbocycles. The van der Waals surface area contributed by atoms with Gasteiger partial charge in [0.25, 0.3) is 0 Å². The first-order chi connectivity index (χ1) is 8.72. The van der Waals surface area contributed by atoms with E-state index in [1.807, 2.05) is 0 Å². The number of nitrogens with zero attached hydrogens (tertiary/aromatic N) is 1. The Labute approximate surface area is 112 Å². The average molecular weight is 251 g/mol. The maximum Gasteiger partial charge on any atom is 0.0568 e. The number of hydrogen-bond donors (Lipinski definition) is 1. The van der Waals surface area contributed by atoms with Crippen molar-refractivity contribution in [3.63, 3.8) is 0 Å². The minimum atomic E-state index is 0.000827. The Bertz CT molecular complexity index is 280. The van der Waals surface area contributed by atoms with Crippen LogP contribution in [0.2, 0.25) is 0 Å². The summed E-state index contributed by atoms with van der Waals surface area (Å²) >= 11 is 0. The van der Waals surface area contributed by atoms with Crippen LogP contribution in [0.15, 0.2) is 0 Å². The second-order valence-electron chi connectivity index (χ2n) is 7.24. The zero-order chi connectivity index (χ0) is 12.5. The first-order valence-corrected chi connectivity index (χ1v) is 8.09. The Morgan fingerprint density at radius 2 is 1.94 bits per heavy atom. The predicted molar refractivity (Wildman–Crippen MR) is 74.4 cm³/mol. The molecule has 0 aromatic rings. The molecule has 104 valence electrons. The fourth-order valence-electron chi connectivity index (χ4n) is 4.83. The number of rotatable bonds is 5. The van der Waals surface area contributed by atoms with Crippen molar-refractivity contribution in [2.24, 2.45) is 23.7 Å². The number of aliphatic hydroxyl groups excluding tert-OH is 1. The minimum absolute atomic E-state index is 0.000827. The summed E-state index contributed by atoms with van der Waals surface area (Å²) in [6.45, 7) is 2.50. The predicted octanol–water partition coefficient (Wildman–Crippen LogP) is 2.91. The molecule has 3 aliphatic rings. The van der Waals surface area contributed by atoms with Crippen molar-refractivity contribution in [3.8, 4) is 0 Å². The molecule has 3 rings (SSSR count). The quantitative estimate of drug-likeness (QED) is 0.812. The van der Waals surface area contributed by atoms with Gasteiger partial charge in [0.15, 0.2) is 0 Å². The van der Waals surface area contributed by atoms with Crippen LogP contribution >= 0.6 is 0 Å². The molecular weight excluding hydrogens is 222 g/mol. The highest BCUT2D eigenvalue weighted by molar-refractivity contribution is 4.91. The largest absolute Gasteiger partial charge is 0.393 e. The van der Waals surface area contributed by atoms with Gasteiger partial charge < -0.3 is 10.0 Å². The van der Waals surface area contributed by atoms with E-state index in [1.165, 1.54) is 58.0 Å². The molecule has 0 amide bonds. The molecule has 1 N–H and O–H groups in total. The fourth-order valence-corrected chi connectivity index (χ4v) is 4.83. The van der Waals surface area contributed by atoms with E-state index in [4.69, 9.17) is 0 Å². The Morgan fingerprint density at radius 1 is 1.06 bits per heavy atom. The second kappa shape index (κ2) is 5.50. The summed E-state index contributed by atoms with van der Waals surface area (Å²) in [6.07, 6.45) is 10.8. The molecule has 0 radical (unpaired) electrons. The molecule has 2 bridgehead atoms. The van der Waals surface area contributed by atoms with Crippen LogP contribution < -0.4 is 0 Å². The monoisotopic (exact) mass is 251 g/mol. The lowest BCUT2D eigenvalue weighted by Gasteiger charge is -2.28. The van der Waals surface area contributed by atoms with E-state index >= 15 is 0 Å². The summed E-state index contributed by atoms with van der Waals surface area (Å²) in [6, 6.07) is 0. The van der Waals surface area contributed by atoms with Crippen molar-refractivity contribution in [1.82, 2.24) is 4.90 Å². The topological polar surface area (TPSA) is 23.5 Å². The van der Waals surface area contributed by atoms with Gasteiger partial charge >= 0.3 is 0 Å². The average Bonchev–Trinajstić information content (AvgIpc) is 3.03. The second-order valence-corrected chi connectivity index (χ2v) is 7.24. The molecule has 5 unspecified atom stereocenters. The zero-order valence-corrected chi connectivity index (χ0v) is 11.9. The van der Waals surface area contributed by atoms with Gasteiger partial charge in [0.1, 0.15) is 0 Å². The van der Waals surface area contributed by atoms with Crippen molar-refractivity contribution in [1.29, 1.82) is 0 Å². The summed E-state index contributed by atoms with van der Waals surface area (Å²) in [5, 5.41) is 9.85. The standard InChI is InChI=1S/C16H29NO/c1-17(8-7-13-3-2-4-16(13)18)11-15-10-12-5-6-14(15)9-12/h12-16,18H,2-11H2,1H3. The van der Waals surface area contributed by atoms with Gasteiger partial charge in [-0.3, -0.25) is 0 Å². The Kier molecular flexibility index (Phi) is 3.95. The molecule has 0 spiro atoms. The Balaban J connectivity index is 1.38. The number of hydrogen-bond acceptors (Lipinski definition) is 2. The van der Waals surface area contributed by atoms with Gasteiger partial charge in [-0.25, -0.2) is 0 Å². The maximum atomic E-state index is 9.85. The van der Waals surface area contributed by atoms with Gasteiger partial charge in [0, 0.05) is 6.54 Å². The van der Waals surface area contributed by atoms with E-state index in [2.05, 4.69) is 11.9 Å². The van der Waals surface area contributed by atoms with Crippen molar-refractivity contribution >= 4 is 0 Å². The van der Waals surface area contributed by atoms with Gasteiger partial charge in [-0.05, 0) is 75.8 Å². The van der Waals surface area contributed by atoms with Crippen LogP contribution in [0.4, 0.5) is 0 Å². The molecule has 2 nitrogen and oxygen atoms in total. The van der Waals surface area contributed by atoms with E-state index in [0.717, 1.165) is 24.2 Å². The molecule has 0 aliphatic heterocycles. The van der Waals surface area contributed by atoms with Crippen molar-refractivity contribution in [2.45, 2.75) is 57.5 Å². The third kappa shape index (κ3) is 2.75. The maximum absolute atomic E-state index is 9.85. The zero-order valence-electron chi connectivity index (χ0n) is 11.9. The van der Waals surface area contributed by atoms with Crippen LogP contribution in [0.5, 0.6) is 0 Å².